The fourth-order valence-corrected chi connectivity index (χ4v) is 2.96. The molecule has 0 unspecified atom stereocenters. The Balaban J connectivity index is 2.20. The van der Waals surface area contributed by atoms with E-state index in [9.17, 15) is 4.32 Å². The molecule has 3 heteroatoms. The highest BCUT2D eigenvalue weighted by molar-refractivity contribution is 8.00. The lowest BCUT2D eigenvalue weighted by molar-refractivity contribution is 0.860. The number of halogens is 1. The molecule has 0 saturated heterocycles. The van der Waals surface area contributed by atoms with Gasteiger partial charge in [0, 0.05) is 9.79 Å². The van der Waals surface area contributed by atoms with Crippen LogP contribution in [0.2, 0.25) is 0 Å². The maximum absolute atomic E-state index is 14.2. The summed E-state index contributed by atoms with van der Waals surface area (Å²) in [7, 11) is 0. The van der Waals surface area contributed by atoms with Crippen molar-refractivity contribution in [3.63, 3.8) is 0 Å². The van der Waals surface area contributed by atoms with Crippen LogP contribution in [0.25, 0.3) is 0 Å². The standard InChI is InChI=1S/C12H8BFS/c14-13-9-5-1-3-7-11(9)15-12-8-4-2-6-10(12)13/h1-8H. The average Bonchev–Trinajstić information content (AvgIpc) is 2.30. The fourth-order valence-electron chi connectivity index (χ4n) is 1.85. The minimum atomic E-state index is -0.973. The van der Waals surface area contributed by atoms with Crippen LogP contribution < -0.4 is 10.9 Å². The van der Waals surface area contributed by atoms with E-state index in [0.717, 1.165) is 20.7 Å². The van der Waals surface area contributed by atoms with Gasteiger partial charge in [0.25, 0.3) is 0 Å². The van der Waals surface area contributed by atoms with E-state index in [1.165, 1.54) is 0 Å². The van der Waals surface area contributed by atoms with Gasteiger partial charge in [0.05, 0.1) is 0 Å². The smallest absolute Gasteiger partial charge is 0.322 e. The summed E-state index contributed by atoms with van der Waals surface area (Å²) in [5.41, 5.74) is 1.59. The molecule has 0 fully saturated rings. The van der Waals surface area contributed by atoms with Crippen LogP contribution >= 0.6 is 11.8 Å². The molecule has 1 aliphatic rings. The van der Waals surface area contributed by atoms with Gasteiger partial charge in [0.1, 0.15) is 0 Å². The molecular weight excluding hydrogens is 206 g/mol. The van der Waals surface area contributed by atoms with Crippen LogP contribution in [0.15, 0.2) is 58.3 Å². The van der Waals surface area contributed by atoms with E-state index in [0.29, 0.717) is 0 Å². The first kappa shape index (κ1) is 9.04. The van der Waals surface area contributed by atoms with E-state index in [-0.39, 0.29) is 0 Å². The normalized spacial score (nSPS) is 13.3. The SMILES string of the molecule is FB1c2ccccc2Sc2ccccc21. The molecule has 0 N–H and O–H groups in total. The molecular formula is C12H8BFS. The first-order chi connectivity index (χ1) is 7.36. The van der Waals surface area contributed by atoms with Gasteiger partial charge in [-0.3, -0.25) is 0 Å². The molecule has 72 valence electrons. The van der Waals surface area contributed by atoms with Gasteiger partial charge in [-0.1, -0.05) is 48.2 Å². The summed E-state index contributed by atoms with van der Waals surface area (Å²) in [6, 6.07) is 15.4. The summed E-state index contributed by atoms with van der Waals surface area (Å²) in [5.74, 6) is 0. The highest BCUT2D eigenvalue weighted by Gasteiger charge is 2.29. The lowest BCUT2D eigenvalue weighted by atomic mass is 9.58. The maximum atomic E-state index is 14.2. The first-order valence-electron chi connectivity index (χ1n) is 4.86. The van der Waals surface area contributed by atoms with Crippen molar-refractivity contribution in [1.29, 1.82) is 0 Å². The van der Waals surface area contributed by atoms with Crippen LogP contribution in [-0.4, -0.2) is 6.99 Å². The zero-order chi connectivity index (χ0) is 10.3. The molecule has 2 aromatic carbocycles. The van der Waals surface area contributed by atoms with Gasteiger partial charge in [0.2, 0.25) is 0 Å². The van der Waals surface area contributed by atoms with E-state index in [1.54, 1.807) is 11.8 Å². The first-order valence-corrected chi connectivity index (χ1v) is 5.68. The summed E-state index contributed by atoms with van der Waals surface area (Å²) in [4.78, 5) is 2.06. The highest BCUT2D eigenvalue weighted by atomic mass is 32.2. The monoisotopic (exact) mass is 214 g/mol. The molecule has 0 spiro atoms. The predicted octanol–water partition coefficient (Wildman–Crippen LogP) is 2.23. The van der Waals surface area contributed by atoms with Crippen LogP contribution in [0.5, 0.6) is 0 Å². The second-order valence-electron chi connectivity index (χ2n) is 3.54. The minimum Gasteiger partial charge on any atom is -0.322 e. The Morgan fingerprint density at radius 2 is 1.27 bits per heavy atom. The lowest BCUT2D eigenvalue weighted by Crippen LogP contribution is -2.42. The third-order valence-electron chi connectivity index (χ3n) is 2.60. The summed E-state index contributed by atoms with van der Waals surface area (Å²) >= 11 is 1.65. The van der Waals surface area contributed by atoms with Gasteiger partial charge in [0.15, 0.2) is 0 Å². The van der Waals surface area contributed by atoms with Crippen molar-refractivity contribution in [2.24, 2.45) is 0 Å². The van der Waals surface area contributed by atoms with Crippen molar-refractivity contribution in [1.82, 2.24) is 0 Å². The fraction of sp³-hybridized carbons (Fsp3) is 0. The molecule has 15 heavy (non-hydrogen) atoms. The third-order valence-corrected chi connectivity index (χ3v) is 3.79. The predicted molar refractivity (Wildman–Crippen MR) is 63.1 cm³/mol. The molecule has 3 rings (SSSR count). The van der Waals surface area contributed by atoms with Gasteiger partial charge in [-0.2, -0.15) is 0 Å². The van der Waals surface area contributed by atoms with E-state index in [2.05, 4.69) is 0 Å². The Morgan fingerprint density at radius 1 is 0.800 bits per heavy atom. The second kappa shape index (κ2) is 3.42. The second-order valence-corrected chi connectivity index (χ2v) is 4.62. The highest BCUT2D eigenvalue weighted by Crippen LogP contribution is 2.29. The van der Waals surface area contributed by atoms with Crippen LogP contribution in [0.1, 0.15) is 0 Å². The van der Waals surface area contributed by atoms with Crippen molar-refractivity contribution in [3.8, 4) is 0 Å². The van der Waals surface area contributed by atoms with E-state index < -0.39 is 6.99 Å². The van der Waals surface area contributed by atoms with E-state index >= 15 is 0 Å². The van der Waals surface area contributed by atoms with Crippen molar-refractivity contribution in [2.45, 2.75) is 9.79 Å². The van der Waals surface area contributed by atoms with Crippen molar-refractivity contribution < 1.29 is 4.32 Å². The Bertz CT molecular complexity index is 467. The van der Waals surface area contributed by atoms with Crippen molar-refractivity contribution in [2.75, 3.05) is 0 Å². The van der Waals surface area contributed by atoms with Gasteiger partial charge >= 0.3 is 6.99 Å². The molecule has 0 bridgehead atoms. The number of hydrogen-bond donors (Lipinski definition) is 0. The third kappa shape index (κ3) is 1.38. The number of hydrogen-bond acceptors (Lipinski definition) is 1. The molecule has 0 radical (unpaired) electrons. The number of rotatable bonds is 0. The van der Waals surface area contributed by atoms with E-state index in [4.69, 9.17) is 0 Å². The number of fused-ring (bicyclic) bond motifs is 2. The average molecular weight is 214 g/mol. The summed E-state index contributed by atoms with van der Waals surface area (Å²) < 4.78 is 14.2. The Morgan fingerprint density at radius 3 is 1.80 bits per heavy atom. The largest absolute Gasteiger partial charge is 0.415 e. The molecule has 0 nitrogen and oxygen atoms in total. The molecule has 0 aliphatic carbocycles. The van der Waals surface area contributed by atoms with Crippen molar-refractivity contribution >= 4 is 29.7 Å². The van der Waals surface area contributed by atoms with Gasteiger partial charge in [-0.25, -0.2) is 0 Å². The molecule has 0 amide bonds. The Kier molecular flexibility index (Phi) is 2.06. The van der Waals surface area contributed by atoms with E-state index in [1.807, 2.05) is 48.5 Å². The molecule has 0 atom stereocenters. The Hall–Kier alpha value is -1.22. The summed E-state index contributed by atoms with van der Waals surface area (Å²) in [6.45, 7) is -0.973. The van der Waals surface area contributed by atoms with Crippen LogP contribution in [0.4, 0.5) is 4.32 Å². The van der Waals surface area contributed by atoms with Crippen LogP contribution in [0, 0.1) is 0 Å². The van der Waals surface area contributed by atoms with Gasteiger partial charge in [-0.15, -0.1) is 0 Å². The molecule has 2 aromatic rings. The summed E-state index contributed by atoms with van der Waals surface area (Å²) in [5, 5.41) is 0. The molecule has 1 aliphatic heterocycles. The van der Waals surface area contributed by atoms with Gasteiger partial charge < -0.3 is 4.32 Å². The quantitative estimate of drug-likeness (QED) is 0.606. The minimum absolute atomic E-state index is 0.793. The maximum Gasteiger partial charge on any atom is 0.415 e. The topological polar surface area (TPSA) is 0 Å². The number of benzene rings is 2. The molecule has 0 saturated carbocycles. The lowest BCUT2D eigenvalue weighted by Gasteiger charge is -2.19. The zero-order valence-electron chi connectivity index (χ0n) is 7.98. The van der Waals surface area contributed by atoms with Crippen molar-refractivity contribution in [3.05, 3.63) is 48.5 Å². The van der Waals surface area contributed by atoms with Crippen LogP contribution in [0.3, 0.4) is 0 Å². The van der Waals surface area contributed by atoms with Crippen LogP contribution in [-0.2, 0) is 0 Å². The zero-order valence-corrected chi connectivity index (χ0v) is 8.80. The molecule has 0 aromatic heterocycles. The molecule has 1 heterocycles. The summed E-state index contributed by atoms with van der Waals surface area (Å²) in [6.07, 6.45) is 0. The Labute approximate surface area is 92.6 Å². The van der Waals surface area contributed by atoms with Gasteiger partial charge in [-0.05, 0) is 23.1 Å².